The first kappa shape index (κ1) is 21.0. The molecule has 0 amide bonds. The van der Waals surface area contributed by atoms with Gasteiger partial charge < -0.3 is 26.8 Å². The lowest BCUT2D eigenvalue weighted by molar-refractivity contribution is -0.910. The molecule has 2 N–H and O–H groups in total. The molecule has 0 atom stereocenters. The minimum absolute atomic E-state index is 0. The zero-order valence-electron chi connectivity index (χ0n) is 16.0. The first-order valence-electron chi connectivity index (χ1n) is 9.30. The van der Waals surface area contributed by atoms with Crippen molar-refractivity contribution in [1.29, 1.82) is 0 Å². The number of rotatable bonds is 6. The molecular weight excluding hydrogens is 362 g/mol. The topological polar surface area (TPSA) is 54.9 Å². The molecule has 0 aliphatic carbocycles. The van der Waals surface area contributed by atoms with Crippen molar-refractivity contribution >= 4 is 11.0 Å². The maximum atomic E-state index is 13.1. The van der Waals surface area contributed by atoms with Crippen LogP contribution in [0.4, 0.5) is 0 Å². The Bertz CT molecular complexity index is 963. The van der Waals surface area contributed by atoms with Crippen LogP contribution in [-0.4, -0.2) is 18.2 Å². The maximum Gasteiger partial charge on any atom is 0.196 e. The van der Waals surface area contributed by atoms with E-state index in [9.17, 15) is 9.90 Å². The monoisotopic (exact) mass is 387 g/mol. The molecule has 0 radical (unpaired) electrons. The summed E-state index contributed by atoms with van der Waals surface area (Å²) in [5, 5.41) is 11.0. The summed E-state index contributed by atoms with van der Waals surface area (Å²) < 4.78 is 6.28. The van der Waals surface area contributed by atoms with Crippen LogP contribution in [0.25, 0.3) is 22.3 Å². The lowest BCUT2D eigenvalue weighted by Gasteiger charge is -2.18. The van der Waals surface area contributed by atoms with Crippen LogP contribution < -0.4 is 22.7 Å². The highest BCUT2D eigenvalue weighted by Gasteiger charge is 2.20. The third kappa shape index (κ3) is 4.02. The quantitative estimate of drug-likeness (QED) is 0.633. The van der Waals surface area contributed by atoms with Crippen molar-refractivity contribution in [3.8, 4) is 17.1 Å². The Kier molecular flexibility index (Phi) is 7.05. The Balaban J connectivity index is 0.00000261. The van der Waals surface area contributed by atoms with Gasteiger partial charge in [-0.2, -0.15) is 0 Å². The largest absolute Gasteiger partial charge is 1.00 e. The maximum absolute atomic E-state index is 13.1. The zero-order chi connectivity index (χ0) is 18.7. The van der Waals surface area contributed by atoms with Crippen LogP contribution in [0.15, 0.2) is 51.7 Å². The molecule has 0 fully saturated rings. The Labute approximate surface area is 165 Å². The van der Waals surface area contributed by atoms with E-state index in [1.54, 1.807) is 12.1 Å². The van der Waals surface area contributed by atoms with E-state index < -0.39 is 0 Å². The van der Waals surface area contributed by atoms with E-state index in [4.69, 9.17) is 4.42 Å². The smallest absolute Gasteiger partial charge is 0.196 e. The Morgan fingerprint density at radius 2 is 1.63 bits per heavy atom. The van der Waals surface area contributed by atoms with Gasteiger partial charge in [0.1, 0.15) is 18.1 Å². The zero-order valence-corrected chi connectivity index (χ0v) is 16.8. The fraction of sp³-hybridized carbons (Fsp3) is 0.318. The summed E-state index contributed by atoms with van der Waals surface area (Å²) in [5.74, 6) is 0.787. The number of hydrogen-bond acceptors (Lipinski definition) is 3. The van der Waals surface area contributed by atoms with Gasteiger partial charge in [-0.15, -0.1) is 0 Å². The minimum Gasteiger partial charge on any atom is -1.00 e. The van der Waals surface area contributed by atoms with E-state index in [-0.39, 0.29) is 23.6 Å². The van der Waals surface area contributed by atoms with E-state index in [1.807, 2.05) is 37.3 Å². The number of fused-ring (bicyclic) bond motifs is 1. The van der Waals surface area contributed by atoms with Gasteiger partial charge in [0.25, 0.3) is 0 Å². The fourth-order valence-corrected chi connectivity index (χ4v) is 3.41. The molecule has 27 heavy (non-hydrogen) atoms. The second-order valence-electron chi connectivity index (χ2n) is 6.53. The van der Waals surface area contributed by atoms with Gasteiger partial charge in [-0.05, 0) is 32.4 Å². The van der Waals surface area contributed by atoms with Gasteiger partial charge in [-0.3, -0.25) is 4.79 Å². The van der Waals surface area contributed by atoms with Gasteiger partial charge >= 0.3 is 0 Å². The lowest BCUT2D eigenvalue weighted by Crippen LogP contribution is -3.10. The summed E-state index contributed by atoms with van der Waals surface area (Å²) in [6.07, 6.45) is 0.597. The van der Waals surface area contributed by atoms with Crippen LogP contribution >= 0.6 is 0 Å². The summed E-state index contributed by atoms with van der Waals surface area (Å²) in [4.78, 5) is 14.4. The molecule has 2 aromatic carbocycles. The Morgan fingerprint density at radius 1 is 0.963 bits per heavy atom. The van der Waals surface area contributed by atoms with Crippen LogP contribution in [0, 0.1) is 0 Å². The van der Waals surface area contributed by atoms with Crippen molar-refractivity contribution in [2.24, 2.45) is 0 Å². The number of halogens is 1. The van der Waals surface area contributed by atoms with Crippen molar-refractivity contribution in [2.75, 3.05) is 13.1 Å². The molecule has 4 nitrogen and oxygen atoms in total. The van der Waals surface area contributed by atoms with Crippen molar-refractivity contribution < 1.29 is 26.8 Å². The standard InChI is InChI=1S/C22H25NO3.ClH/c1-4-16-20(25)17-12-13-19(24)18(14-23(5-2)6-3)22(17)26-21(16)15-10-8-7-9-11-15;/h7-13,24H,4-6,14H2,1-3H3;1H. The van der Waals surface area contributed by atoms with Crippen molar-refractivity contribution in [2.45, 2.75) is 33.7 Å². The molecule has 1 aromatic heterocycles. The molecule has 0 bridgehead atoms. The summed E-state index contributed by atoms with van der Waals surface area (Å²) >= 11 is 0. The third-order valence-electron chi connectivity index (χ3n) is 5.05. The second-order valence-corrected chi connectivity index (χ2v) is 6.53. The van der Waals surface area contributed by atoms with Crippen molar-refractivity contribution in [3.05, 3.63) is 63.8 Å². The average molecular weight is 388 g/mol. The number of aromatic hydroxyl groups is 1. The molecule has 0 saturated carbocycles. The highest BCUT2D eigenvalue weighted by Crippen LogP contribution is 2.31. The molecule has 3 aromatic rings. The van der Waals surface area contributed by atoms with Crippen LogP contribution in [0.3, 0.4) is 0 Å². The van der Waals surface area contributed by atoms with Gasteiger partial charge in [0.2, 0.25) is 0 Å². The predicted octanol–water partition coefficient (Wildman–Crippen LogP) is 0.157. The summed E-state index contributed by atoms with van der Waals surface area (Å²) in [6, 6.07) is 13.0. The number of hydrogen-bond donors (Lipinski definition) is 2. The predicted molar refractivity (Wildman–Crippen MR) is 105 cm³/mol. The number of phenols is 1. The van der Waals surface area contributed by atoms with Gasteiger partial charge in [0.15, 0.2) is 11.0 Å². The number of phenolic OH excluding ortho intramolecular Hbond substituents is 1. The first-order chi connectivity index (χ1) is 12.6. The van der Waals surface area contributed by atoms with E-state index in [1.165, 1.54) is 4.90 Å². The molecule has 0 saturated heterocycles. The first-order valence-corrected chi connectivity index (χ1v) is 9.30. The van der Waals surface area contributed by atoms with Crippen LogP contribution in [0.5, 0.6) is 5.75 Å². The van der Waals surface area contributed by atoms with Crippen LogP contribution in [0.1, 0.15) is 31.9 Å². The minimum atomic E-state index is -0.0107. The van der Waals surface area contributed by atoms with Crippen LogP contribution in [-0.2, 0) is 13.0 Å². The van der Waals surface area contributed by atoms with Crippen molar-refractivity contribution in [1.82, 2.24) is 0 Å². The second kappa shape index (κ2) is 9.07. The SMILES string of the molecule is CCc1c(-c2ccccc2)oc2c(C[NH+](CC)CC)c(O)ccc2c1=O.[Cl-]. The summed E-state index contributed by atoms with van der Waals surface area (Å²) in [5.41, 5.74) is 2.76. The molecule has 0 aliphatic rings. The highest BCUT2D eigenvalue weighted by molar-refractivity contribution is 5.84. The van der Waals surface area contributed by atoms with E-state index in [2.05, 4.69) is 13.8 Å². The number of benzene rings is 2. The molecule has 0 aliphatic heterocycles. The van der Waals surface area contributed by atoms with Crippen LogP contribution in [0.2, 0.25) is 0 Å². The fourth-order valence-electron chi connectivity index (χ4n) is 3.41. The molecule has 144 valence electrons. The van der Waals surface area contributed by atoms with Gasteiger partial charge in [0.05, 0.1) is 24.0 Å². The van der Waals surface area contributed by atoms with Gasteiger partial charge in [-0.25, -0.2) is 0 Å². The van der Waals surface area contributed by atoms with Gasteiger partial charge in [-0.1, -0.05) is 37.3 Å². The molecule has 1 heterocycles. The molecule has 0 spiro atoms. The third-order valence-corrected chi connectivity index (χ3v) is 5.05. The highest BCUT2D eigenvalue weighted by atomic mass is 35.5. The van der Waals surface area contributed by atoms with E-state index in [0.717, 1.165) is 18.7 Å². The van der Waals surface area contributed by atoms with E-state index in [0.29, 0.717) is 40.8 Å². The molecule has 5 heteroatoms. The Hall–Kier alpha value is -2.30. The Morgan fingerprint density at radius 3 is 2.22 bits per heavy atom. The molecular formula is C22H26ClNO3. The normalized spacial score (nSPS) is 11.0. The van der Waals surface area contributed by atoms with E-state index >= 15 is 0 Å². The number of quaternary nitrogens is 1. The van der Waals surface area contributed by atoms with Gasteiger partial charge in [0, 0.05) is 11.1 Å². The average Bonchev–Trinajstić information content (AvgIpc) is 2.68. The summed E-state index contributed by atoms with van der Waals surface area (Å²) in [7, 11) is 0. The number of nitrogens with one attached hydrogen (secondary N) is 1. The molecule has 3 rings (SSSR count). The lowest BCUT2D eigenvalue weighted by atomic mass is 10.0. The van der Waals surface area contributed by atoms with Crippen molar-refractivity contribution in [3.63, 3.8) is 0 Å². The summed E-state index contributed by atoms with van der Waals surface area (Å²) in [6.45, 7) is 8.69. The molecule has 0 unspecified atom stereocenters.